The lowest BCUT2D eigenvalue weighted by atomic mass is 9.93. The SMILES string of the molecule is c1ccc(-c2cc(-c3ccccc3)cc(-c3nc(-c4ccc5cc(-c6cc(-c7ccccc7)cc7oc8ccccc8c67)ccc5c4)nc(-c4cccc5oc6ccccc6c45)n3)c2)cc1. The number of hydrogen-bond donors (Lipinski definition) is 0. The van der Waals surface area contributed by atoms with E-state index in [2.05, 4.69) is 164 Å². The topological polar surface area (TPSA) is 65.0 Å². The minimum absolute atomic E-state index is 0.573. The molecule has 5 heteroatoms. The molecule has 0 radical (unpaired) electrons. The predicted molar refractivity (Wildman–Crippen MR) is 270 cm³/mol. The molecule has 3 heterocycles. The van der Waals surface area contributed by atoms with Gasteiger partial charge in [-0.25, -0.2) is 15.0 Å². The maximum Gasteiger partial charge on any atom is 0.164 e. The number of para-hydroxylation sites is 2. The minimum Gasteiger partial charge on any atom is -0.456 e. The molecule has 0 bridgehead atoms. The van der Waals surface area contributed by atoms with Crippen LogP contribution in [0.4, 0.5) is 0 Å². The fourth-order valence-electron chi connectivity index (χ4n) is 9.50. The molecule has 5 nitrogen and oxygen atoms in total. The van der Waals surface area contributed by atoms with Gasteiger partial charge in [0, 0.05) is 38.2 Å². The first-order chi connectivity index (χ1) is 32.7. The molecule has 0 aliphatic heterocycles. The number of hydrogen-bond acceptors (Lipinski definition) is 5. The number of fused-ring (bicyclic) bond motifs is 7. The van der Waals surface area contributed by atoms with E-state index in [-0.39, 0.29) is 0 Å². The molecular formula is C61H37N3O2. The lowest BCUT2D eigenvalue weighted by Gasteiger charge is -2.13. The monoisotopic (exact) mass is 843 g/mol. The van der Waals surface area contributed by atoms with Crippen molar-refractivity contribution in [1.29, 1.82) is 0 Å². The largest absolute Gasteiger partial charge is 0.456 e. The van der Waals surface area contributed by atoms with Crippen LogP contribution in [0.25, 0.3) is 133 Å². The van der Waals surface area contributed by atoms with Crippen LogP contribution in [0.15, 0.2) is 233 Å². The van der Waals surface area contributed by atoms with Gasteiger partial charge in [-0.15, -0.1) is 0 Å². The number of nitrogens with zero attached hydrogens (tertiary/aromatic N) is 3. The van der Waals surface area contributed by atoms with Crippen molar-refractivity contribution in [1.82, 2.24) is 15.0 Å². The molecule has 0 fully saturated rings. The Morgan fingerprint density at radius 3 is 1.32 bits per heavy atom. The zero-order valence-corrected chi connectivity index (χ0v) is 35.5. The first-order valence-corrected chi connectivity index (χ1v) is 22.2. The van der Waals surface area contributed by atoms with Crippen molar-refractivity contribution in [2.75, 3.05) is 0 Å². The Bertz CT molecular complexity index is 3930. The van der Waals surface area contributed by atoms with E-state index < -0.39 is 0 Å². The molecule has 3 aromatic heterocycles. The molecule has 10 aromatic carbocycles. The van der Waals surface area contributed by atoms with Gasteiger partial charge in [0.05, 0.1) is 0 Å². The molecule has 0 atom stereocenters. The molecule has 0 aliphatic rings. The van der Waals surface area contributed by atoms with E-state index in [0.717, 1.165) is 116 Å². The van der Waals surface area contributed by atoms with E-state index in [0.29, 0.717) is 17.5 Å². The number of rotatable bonds is 7. The third-order valence-corrected chi connectivity index (χ3v) is 12.7. The Morgan fingerprint density at radius 2 is 0.697 bits per heavy atom. The average Bonchev–Trinajstić information content (AvgIpc) is 3.97. The molecule has 0 amide bonds. The van der Waals surface area contributed by atoms with Crippen LogP contribution in [0.3, 0.4) is 0 Å². The number of benzene rings is 10. The van der Waals surface area contributed by atoms with Gasteiger partial charge in [0.1, 0.15) is 22.3 Å². The lowest BCUT2D eigenvalue weighted by Crippen LogP contribution is -2.01. The summed E-state index contributed by atoms with van der Waals surface area (Å²) in [4.78, 5) is 15.9. The van der Waals surface area contributed by atoms with Crippen molar-refractivity contribution in [3.05, 3.63) is 224 Å². The third kappa shape index (κ3) is 6.53. The maximum atomic E-state index is 6.49. The Labute approximate surface area is 379 Å². The summed E-state index contributed by atoms with van der Waals surface area (Å²) in [5.74, 6) is 1.74. The average molecular weight is 844 g/mol. The van der Waals surface area contributed by atoms with Gasteiger partial charge in [0.2, 0.25) is 0 Å². The van der Waals surface area contributed by atoms with Crippen LogP contribution in [0.5, 0.6) is 0 Å². The van der Waals surface area contributed by atoms with Crippen LogP contribution >= 0.6 is 0 Å². The number of furan rings is 2. The first-order valence-electron chi connectivity index (χ1n) is 22.2. The van der Waals surface area contributed by atoms with Gasteiger partial charge in [-0.05, 0) is 116 Å². The zero-order chi connectivity index (χ0) is 43.6. The van der Waals surface area contributed by atoms with Crippen molar-refractivity contribution >= 4 is 54.6 Å². The Morgan fingerprint density at radius 1 is 0.242 bits per heavy atom. The molecule has 13 rings (SSSR count). The molecule has 13 aromatic rings. The highest BCUT2D eigenvalue weighted by molar-refractivity contribution is 6.14. The first kappa shape index (κ1) is 37.6. The number of aromatic nitrogens is 3. The fourth-order valence-corrected chi connectivity index (χ4v) is 9.50. The van der Waals surface area contributed by atoms with Crippen LogP contribution < -0.4 is 0 Å². The quantitative estimate of drug-likeness (QED) is 0.160. The summed E-state index contributed by atoms with van der Waals surface area (Å²) in [5, 5.41) is 6.38. The van der Waals surface area contributed by atoms with Crippen molar-refractivity contribution in [3.8, 4) is 78.7 Å². The van der Waals surface area contributed by atoms with E-state index in [9.17, 15) is 0 Å². The van der Waals surface area contributed by atoms with E-state index >= 15 is 0 Å². The van der Waals surface area contributed by atoms with Gasteiger partial charge in [-0.3, -0.25) is 0 Å². The standard InChI is InChI=1S/C61H37N3O2/c1-4-15-38(16-5-1)45-33-46(39-17-6-2-7-18-39)35-48(34-45)60-62-59(63-61(64-60)51-23-14-26-55-57(51)49-21-10-12-24-53(49)65-55)44-30-28-41-31-43(29-27-42(41)32-44)52-36-47(40-19-8-3-9-20-40)37-56-58(52)50-22-11-13-25-54(50)66-56/h1-37H. The summed E-state index contributed by atoms with van der Waals surface area (Å²) in [5.41, 5.74) is 14.9. The third-order valence-electron chi connectivity index (χ3n) is 12.7. The second kappa shape index (κ2) is 15.4. The van der Waals surface area contributed by atoms with Gasteiger partial charge in [0.25, 0.3) is 0 Å². The highest BCUT2D eigenvalue weighted by Crippen LogP contribution is 2.42. The fraction of sp³-hybridized carbons (Fsp3) is 0. The Kier molecular flexibility index (Phi) is 8.78. The normalized spacial score (nSPS) is 11.6. The molecular weight excluding hydrogens is 807 g/mol. The van der Waals surface area contributed by atoms with Crippen LogP contribution in [0.1, 0.15) is 0 Å². The van der Waals surface area contributed by atoms with E-state index in [4.69, 9.17) is 23.8 Å². The van der Waals surface area contributed by atoms with Crippen LogP contribution in [-0.2, 0) is 0 Å². The van der Waals surface area contributed by atoms with Crippen molar-refractivity contribution in [2.24, 2.45) is 0 Å². The van der Waals surface area contributed by atoms with Gasteiger partial charge < -0.3 is 8.83 Å². The second-order valence-corrected chi connectivity index (χ2v) is 16.8. The van der Waals surface area contributed by atoms with Gasteiger partial charge >= 0.3 is 0 Å². The van der Waals surface area contributed by atoms with Crippen LogP contribution in [0, 0.1) is 0 Å². The Hall–Kier alpha value is -8.93. The van der Waals surface area contributed by atoms with Crippen LogP contribution in [-0.4, -0.2) is 15.0 Å². The Balaban J connectivity index is 0.992. The summed E-state index contributed by atoms with van der Waals surface area (Å²) >= 11 is 0. The smallest absolute Gasteiger partial charge is 0.164 e. The van der Waals surface area contributed by atoms with E-state index in [1.165, 1.54) is 0 Å². The van der Waals surface area contributed by atoms with Crippen molar-refractivity contribution in [3.63, 3.8) is 0 Å². The predicted octanol–water partition coefficient (Wildman–Crippen LogP) is 16.5. The summed E-state index contributed by atoms with van der Waals surface area (Å²) in [6.45, 7) is 0. The summed E-state index contributed by atoms with van der Waals surface area (Å²) < 4.78 is 12.8. The summed E-state index contributed by atoms with van der Waals surface area (Å²) in [7, 11) is 0. The molecule has 66 heavy (non-hydrogen) atoms. The van der Waals surface area contributed by atoms with E-state index in [1.54, 1.807) is 0 Å². The van der Waals surface area contributed by atoms with Crippen molar-refractivity contribution < 1.29 is 8.83 Å². The summed E-state index contributed by atoms with van der Waals surface area (Å²) in [6.07, 6.45) is 0. The molecule has 0 spiro atoms. The van der Waals surface area contributed by atoms with E-state index in [1.807, 2.05) is 60.7 Å². The zero-order valence-electron chi connectivity index (χ0n) is 35.5. The lowest BCUT2D eigenvalue weighted by molar-refractivity contribution is 0.668. The van der Waals surface area contributed by atoms with Gasteiger partial charge in [0.15, 0.2) is 17.5 Å². The molecule has 0 N–H and O–H groups in total. The molecule has 0 saturated carbocycles. The highest BCUT2D eigenvalue weighted by atomic mass is 16.3. The maximum absolute atomic E-state index is 6.49. The molecule has 0 unspecified atom stereocenters. The van der Waals surface area contributed by atoms with Crippen LogP contribution in [0.2, 0.25) is 0 Å². The molecule has 0 aliphatic carbocycles. The van der Waals surface area contributed by atoms with Gasteiger partial charge in [-0.2, -0.15) is 0 Å². The van der Waals surface area contributed by atoms with Gasteiger partial charge in [-0.1, -0.05) is 164 Å². The van der Waals surface area contributed by atoms with Crippen molar-refractivity contribution in [2.45, 2.75) is 0 Å². The minimum atomic E-state index is 0.573. The second-order valence-electron chi connectivity index (χ2n) is 16.8. The highest BCUT2D eigenvalue weighted by Gasteiger charge is 2.20. The summed E-state index contributed by atoms with van der Waals surface area (Å²) in [6, 6.07) is 78.2. The molecule has 0 saturated heterocycles. The molecule has 308 valence electrons.